The SMILES string of the molecule is c1ccc(-c2ccccc2OCCC2CCCCN2)cc1. The fourth-order valence-electron chi connectivity index (χ4n) is 2.93. The van der Waals surface area contributed by atoms with Crippen molar-refractivity contribution in [3.63, 3.8) is 0 Å². The molecular weight excluding hydrogens is 258 g/mol. The number of benzene rings is 2. The second-order valence-electron chi connectivity index (χ2n) is 5.65. The van der Waals surface area contributed by atoms with Crippen molar-refractivity contribution in [2.45, 2.75) is 31.7 Å². The number of ether oxygens (including phenoxy) is 1. The normalized spacial score (nSPS) is 18.4. The summed E-state index contributed by atoms with van der Waals surface area (Å²) in [5, 5.41) is 3.57. The topological polar surface area (TPSA) is 21.3 Å². The van der Waals surface area contributed by atoms with E-state index in [-0.39, 0.29) is 0 Å². The fourth-order valence-corrected chi connectivity index (χ4v) is 2.93. The van der Waals surface area contributed by atoms with Gasteiger partial charge >= 0.3 is 0 Å². The maximum absolute atomic E-state index is 6.05. The zero-order chi connectivity index (χ0) is 14.3. The predicted octanol–water partition coefficient (Wildman–Crippen LogP) is 4.26. The van der Waals surface area contributed by atoms with Gasteiger partial charge in [-0.2, -0.15) is 0 Å². The minimum absolute atomic E-state index is 0.627. The van der Waals surface area contributed by atoms with Gasteiger partial charge in [0.25, 0.3) is 0 Å². The highest BCUT2D eigenvalue weighted by atomic mass is 16.5. The monoisotopic (exact) mass is 281 g/mol. The third-order valence-electron chi connectivity index (χ3n) is 4.11. The summed E-state index contributed by atoms with van der Waals surface area (Å²) in [7, 11) is 0. The molecule has 21 heavy (non-hydrogen) atoms. The molecule has 0 aliphatic carbocycles. The molecule has 2 aromatic carbocycles. The standard InChI is InChI=1S/C19H23NO/c1-2-8-16(9-3-1)18-11-4-5-12-19(18)21-15-13-17-10-6-7-14-20-17/h1-5,8-9,11-12,17,20H,6-7,10,13-15H2. The molecule has 1 heterocycles. The number of nitrogens with one attached hydrogen (secondary N) is 1. The van der Waals surface area contributed by atoms with Gasteiger partial charge in [-0.25, -0.2) is 0 Å². The van der Waals surface area contributed by atoms with Gasteiger partial charge in [-0.15, -0.1) is 0 Å². The van der Waals surface area contributed by atoms with Gasteiger partial charge in [-0.1, -0.05) is 55.0 Å². The first-order valence-corrected chi connectivity index (χ1v) is 7.94. The van der Waals surface area contributed by atoms with E-state index >= 15 is 0 Å². The minimum Gasteiger partial charge on any atom is -0.493 e. The Morgan fingerprint density at radius 1 is 0.952 bits per heavy atom. The molecular formula is C19H23NO. The van der Waals surface area contributed by atoms with Crippen LogP contribution < -0.4 is 10.1 Å². The maximum atomic E-state index is 6.05. The van der Waals surface area contributed by atoms with Crippen LogP contribution in [0.5, 0.6) is 5.75 Å². The Morgan fingerprint density at radius 2 is 1.76 bits per heavy atom. The first kappa shape index (κ1) is 14.2. The Kier molecular flexibility index (Phi) is 4.90. The van der Waals surface area contributed by atoms with E-state index < -0.39 is 0 Å². The van der Waals surface area contributed by atoms with Crippen LogP contribution in [-0.4, -0.2) is 19.2 Å². The summed E-state index contributed by atoms with van der Waals surface area (Å²) in [6.45, 7) is 1.94. The van der Waals surface area contributed by atoms with Gasteiger partial charge in [-0.05, 0) is 37.4 Å². The van der Waals surface area contributed by atoms with E-state index in [2.05, 4.69) is 47.8 Å². The quantitative estimate of drug-likeness (QED) is 0.884. The molecule has 1 atom stereocenters. The zero-order valence-electron chi connectivity index (χ0n) is 12.4. The van der Waals surface area contributed by atoms with Crippen molar-refractivity contribution in [1.29, 1.82) is 0 Å². The lowest BCUT2D eigenvalue weighted by atomic mass is 10.0. The van der Waals surface area contributed by atoms with E-state index in [0.717, 1.165) is 25.3 Å². The molecule has 1 N–H and O–H groups in total. The lowest BCUT2D eigenvalue weighted by molar-refractivity contribution is 0.269. The molecule has 0 saturated carbocycles. The Morgan fingerprint density at radius 3 is 2.57 bits per heavy atom. The lowest BCUT2D eigenvalue weighted by Gasteiger charge is -2.23. The van der Waals surface area contributed by atoms with Crippen LogP contribution in [0.25, 0.3) is 11.1 Å². The van der Waals surface area contributed by atoms with Crippen LogP contribution >= 0.6 is 0 Å². The van der Waals surface area contributed by atoms with E-state index in [9.17, 15) is 0 Å². The molecule has 1 aliphatic heterocycles. The van der Waals surface area contributed by atoms with Crippen molar-refractivity contribution in [1.82, 2.24) is 5.32 Å². The average Bonchev–Trinajstić information content (AvgIpc) is 2.57. The third-order valence-corrected chi connectivity index (χ3v) is 4.11. The first-order valence-electron chi connectivity index (χ1n) is 7.94. The van der Waals surface area contributed by atoms with Crippen LogP contribution in [0.15, 0.2) is 54.6 Å². The number of rotatable bonds is 5. The molecule has 0 aromatic heterocycles. The lowest BCUT2D eigenvalue weighted by Crippen LogP contribution is -2.35. The van der Waals surface area contributed by atoms with Gasteiger partial charge < -0.3 is 10.1 Å². The molecule has 0 bridgehead atoms. The van der Waals surface area contributed by atoms with Gasteiger partial charge in [0.05, 0.1) is 6.61 Å². The molecule has 110 valence electrons. The molecule has 2 nitrogen and oxygen atoms in total. The van der Waals surface area contributed by atoms with Gasteiger partial charge in [0.1, 0.15) is 5.75 Å². The number of piperidine rings is 1. The molecule has 1 fully saturated rings. The largest absolute Gasteiger partial charge is 0.493 e. The van der Waals surface area contributed by atoms with Crippen molar-refractivity contribution < 1.29 is 4.74 Å². The second-order valence-corrected chi connectivity index (χ2v) is 5.65. The van der Waals surface area contributed by atoms with Gasteiger partial charge in [0, 0.05) is 11.6 Å². The van der Waals surface area contributed by atoms with Crippen molar-refractivity contribution in [2.75, 3.05) is 13.2 Å². The van der Waals surface area contributed by atoms with Crippen LogP contribution in [0, 0.1) is 0 Å². The average molecular weight is 281 g/mol. The summed E-state index contributed by atoms with van der Waals surface area (Å²) >= 11 is 0. The van der Waals surface area contributed by atoms with Crippen LogP contribution in [0.4, 0.5) is 0 Å². The smallest absolute Gasteiger partial charge is 0.127 e. The van der Waals surface area contributed by atoms with E-state index in [1.807, 2.05) is 12.1 Å². The van der Waals surface area contributed by atoms with Crippen LogP contribution in [0.2, 0.25) is 0 Å². The predicted molar refractivity (Wildman–Crippen MR) is 87.6 cm³/mol. The summed E-state index contributed by atoms with van der Waals surface area (Å²) in [4.78, 5) is 0. The summed E-state index contributed by atoms with van der Waals surface area (Å²) in [5.74, 6) is 0.986. The van der Waals surface area contributed by atoms with Crippen molar-refractivity contribution >= 4 is 0 Å². The summed E-state index contributed by atoms with van der Waals surface area (Å²) in [6.07, 6.45) is 5.03. The maximum Gasteiger partial charge on any atom is 0.127 e. The van der Waals surface area contributed by atoms with Crippen molar-refractivity contribution in [3.8, 4) is 16.9 Å². The molecule has 2 aromatic rings. The van der Waals surface area contributed by atoms with Crippen LogP contribution in [0.3, 0.4) is 0 Å². The molecule has 2 heteroatoms. The van der Waals surface area contributed by atoms with E-state index in [1.165, 1.54) is 30.4 Å². The Hall–Kier alpha value is -1.80. The third kappa shape index (κ3) is 3.85. The Bertz CT molecular complexity index is 547. The van der Waals surface area contributed by atoms with Crippen molar-refractivity contribution in [2.24, 2.45) is 0 Å². The van der Waals surface area contributed by atoms with Crippen molar-refractivity contribution in [3.05, 3.63) is 54.6 Å². The highest BCUT2D eigenvalue weighted by Gasteiger charge is 2.12. The Balaban J connectivity index is 1.63. The van der Waals surface area contributed by atoms with E-state index in [0.29, 0.717) is 6.04 Å². The number of hydrogen-bond donors (Lipinski definition) is 1. The molecule has 1 aliphatic rings. The Labute approximate surface area is 127 Å². The van der Waals surface area contributed by atoms with Crippen LogP contribution in [-0.2, 0) is 0 Å². The highest BCUT2D eigenvalue weighted by Crippen LogP contribution is 2.29. The number of hydrogen-bond acceptors (Lipinski definition) is 2. The minimum atomic E-state index is 0.627. The zero-order valence-corrected chi connectivity index (χ0v) is 12.4. The van der Waals surface area contributed by atoms with Crippen LogP contribution in [0.1, 0.15) is 25.7 Å². The van der Waals surface area contributed by atoms with E-state index in [4.69, 9.17) is 4.74 Å². The fraction of sp³-hybridized carbons (Fsp3) is 0.368. The van der Waals surface area contributed by atoms with Gasteiger partial charge in [0.2, 0.25) is 0 Å². The van der Waals surface area contributed by atoms with Gasteiger partial charge in [-0.3, -0.25) is 0 Å². The summed E-state index contributed by atoms with van der Waals surface area (Å²) in [6, 6.07) is 19.4. The molecule has 1 saturated heterocycles. The molecule has 1 unspecified atom stereocenters. The summed E-state index contributed by atoms with van der Waals surface area (Å²) < 4.78 is 6.05. The number of para-hydroxylation sites is 1. The first-order chi connectivity index (χ1) is 10.4. The molecule has 0 amide bonds. The van der Waals surface area contributed by atoms with E-state index in [1.54, 1.807) is 0 Å². The molecule has 0 spiro atoms. The highest BCUT2D eigenvalue weighted by molar-refractivity contribution is 5.70. The second kappa shape index (κ2) is 7.28. The molecule has 0 radical (unpaired) electrons. The molecule has 3 rings (SSSR count). The van der Waals surface area contributed by atoms with Gasteiger partial charge in [0.15, 0.2) is 0 Å². The summed E-state index contributed by atoms with van der Waals surface area (Å²) in [5.41, 5.74) is 2.39.